The van der Waals surface area contributed by atoms with Crippen molar-refractivity contribution in [3.8, 4) is 5.75 Å². The summed E-state index contributed by atoms with van der Waals surface area (Å²) >= 11 is 0. The number of nitrogens with zero attached hydrogens (tertiary/aromatic N) is 1. The van der Waals surface area contributed by atoms with E-state index in [0.29, 0.717) is 24.3 Å². The first kappa shape index (κ1) is 23.4. The van der Waals surface area contributed by atoms with Crippen LogP contribution in [0.25, 0.3) is 11.1 Å². The number of Topliss-reactive ketones (excluding diaryl/α,β-unsaturated/α-hetero) is 1. The Morgan fingerprint density at radius 2 is 1.19 bits per heavy atom. The van der Waals surface area contributed by atoms with Gasteiger partial charge in [-0.1, -0.05) is 80.6 Å². The van der Waals surface area contributed by atoms with E-state index in [-0.39, 0.29) is 17.6 Å². The predicted octanol–water partition coefficient (Wildman–Crippen LogP) is 5.80. The van der Waals surface area contributed by atoms with Crippen molar-refractivity contribution in [3.63, 3.8) is 0 Å². The molecule has 2 bridgehead atoms. The summed E-state index contributed by atoms with van der Waals surface area (Å²) in [6.45, 7) is 3.95. The maximum absolute atomic E-state index is 14.7. The van der Waals surface area contributed by atoms with E-state index in [2.05, 4.69) is 0 Å². The molecule has 4 atom stereocenters. The van der Waals surface area contributed by atoms with Crippen LogP contribution < -0.4 is 9.64 Å². The van der Waals surface area contributed by atoms with Gasteiger partial charge in [0.2, 0.25) is 11.8 Å². The third kappa shape index (κ3) is 2.77. The van der Waals surface area contributed by atoms with Crippen LogP contribution in [0.2, 0.25) is 0 Å². The Morgan fingerprint density at radius 3 is 1.62 bits per heavy atom. The highest BCUT2D eigenvalue weighted by atomic mass is 16.5. The van der Waals surface area contributed by atoms with Crippen molar-refractivity contribution >= 4 is 34.4 Å². The molecule has 5 heteroatoms. The van der Waals surface area contributed by atoms with Gasteiger partial charge in [-0.15, -0.1) is 0 Å². The molecular weight excluding hydrogens is 462 g/mol. The van der Waals surface area contributed by atoms with Gasteiger partial charge >= 0.3 is 0 Å². The third-order valence-electron chi connectivity index (χ3n) is 8.87. The van der Waals surface area contributed by atoms with Crippen molar-refractivity contribution in [2.45, 2.75) is 26.7 Å². The monoisotopic (exact) mass is 491 g/mol. The van der Waals surface area contributed by atoms with E-state index in [4.69, 9.17) is 4.74 Å². The Morgan fingerprint density at radius 1 is 0.703 bits per heavy atom. The number of carbonyl (C=O) groups excluding carboxylic acids is 3. The van der Waals surface area contributed by atoms with E-state index in [1.807, 2.05) is 74.5 Å². The fraction of sp³-hybridized carbons (Fsp3) is 0.281. The van der Waals surface area contributed by atoms with Crippen molar-refractivity contribution < 1.29 is 19.1 Å². The number of methoxy groups -OCH3 is 1. The summed E-state index contributed by atoms with van der Waals surface area (Å²) in [6.07, 6.45) is 0.889. The molecule has 0 spiro atoms. The van der Waals surface area contributed by atoms with Crippen LogP contribution in [-0.2, 0) is 14.4 Å². The second kappa shape index (κ2) is 8.27. The van der Waals surface area contributed by atoms with Crippen LogP contribution in [0.1, 0.15) is 37.8 Å². The number of amides is 2. The van der Waals surface area contributed by atoms with Gasteiger partial charge in [0.1, 0.15) is 5.75 Å². The molecule has 1 heterocycles. The molecule has 37 heavy (non-hydrogen) atoms. The number of hydrogen-bond donors (Lipinski definition) is 0. The van der Waals surface area contributed by atoms with Crippen molar-refractivity contribution in [2.75, 3.05) is 12.0 Å². The normalized spacial score (nSPS) is 28.3. The summed E-state index contributed by atoms with van der Waals surface area (Å²) in [7, 11) is 1.56. The number of ketones is 1. The molecule has 2 fully saturated rings. The SMILES string of the molecule is CC[C@]12C(=O)[C@](CC)(C(c3ccccc3)=C1c1ccccc1)[C@@H]1C(=O)N(c3cccc(OC)c3)C(=O)[C@H]12. The van der Waals surface area contributed by atoms with Gasteiger partial charge in [0.25, 0.3) is 0 Å². The number of ether oxygens (including phenoxy) is 1. The maximum atomic E-state index is 14.7. The molecule has 1 aliphatic heterocycles. The van der Waals surface area contributed by atoms with Crippen molar-refractivity contribution in [2.24, 2.45) is 22.7 Å². The van der Waals surface area contributed by atoms with Crippen LogP contribution in [-0.4, -0.2) is 24.7 Å². The number of benzene rings is 3. The van der Waals surface area contributed by atoms with E-state index < -0.39 is 22.7 Å². The fourth-order valence-corrected chi connectivity index (χ4v) is 7.46. The number of rotatable bonds is 6. The molecule has 3 aromatic carbocycles. The van der Waals surface area contributed by atoms with Gasteiger partial charge in [-0.25, -0.2) is 4.90 Å². The zero-order valence-corrected chi connectivity index (χ0v) is 21.2. The lowest BCUT2D eigenvalue weighted by atomic mass is 9.60. The lowest BCUT2D eigenvalue weighted by Gasteiger charge is -2.38. The van der Waals surface area contributed by atoms with Gasteiger partial charge in [-0.3, -0.25) is 14.4 Å². The molecule has 2 aliphatic carbocycles. The lowest BCUT2D eigenvalue weighted by Crippen LogP contribution is -2.41. The average molecular weight is 492 g/mol. The molecule has 5 nitrogen and oxygen atoms in total. The van der Waals surface area contributed by atoms with Crippen molar-refractivity contribution in [1.29, 1.82) is 0 Å². The summed E-state index contributed by atoms with van der Waals surface area (Å²) < 4.78 is 5.37. The van der Waals surface area contributed by atoms with E-state index in [1.165, 1.54) is 4.90 Å². The summed E-state index contributed by atoms with van der Waals surface area (Å²) in [6, 6.07) is 26.8. The third-order valence-corrected chi connectivity index (χ3v) is 8.87. The van der Waals surface area contributed by atoms with Crippen LogP contribution in [0.3, 0.4) is 0 Å². The molecule has 186 valence electrons. The number of hydrogen-bond acceptors (Lipinski definition) is 4. The van der Waals surface area contributed by atoms with E-state index in [9.17, 15) is 14.4 Å². The summed E-state index contributed by atoms with van der Waals surface area (Å²) in [5.74, 6) is -1.50. The standard InChI is InChI=1S/C32H29NO4/c1-4-31-24(20-13-8-6-9-14-20)25(21-15-10-7-11-16-21)32(5-2,30(31)36)27-26(31)28(34)33(29(27)35)22-17-12-18-23(19-22)37-3/h6-19,26-27H,4-5H2,1-3H3/t26-,27-,31-,32+/m0/s1. The van der Waals surface area contributed by atoms with Gasteiger partial charge in [0.15, 0.2) is 5.78 Å². The van der Waals surface area contributed by atoms with E-state index in [0.717, 1.165) is 22.3 Å². The number of fused-ring (bicyclic) bond motifs is 5. The van der Waals surface area contributed by atoms with Crippen LogP contribution in [0.5, 0.6) is 5.75 Å². The smallest absolute Gasteiger partial charge is 0.239 e. The molecule has 6 rings (SSSR count). The first-order chi connectivity index (χ1) is 18.0. The van der Waals surface area contributed by atoms with Gasteiger partial charge in [0.05, 0.1) is 35.5 Å². The Hall–Kier alpha value is -3.99. The molecule has 1 saturated heterocycles. The van der Waals surface area contributed by atoms with Gasteiger partial charge in [-0.05, 0) is 47.2 Å². The minimum Gasteiger partial charge on any atom is -0.497 e. The van der Waals surface area contributed by atoms with E-state index in [1.54, 1.807) is 31.4 Å². The highest BCUT2D eigenvalue weighted by Crippen LogP contribution is 2.75. The zero-order valence-electron chi connectivity index (χ0n) is 21.2. The van der Waals surface area contributed by atoms with Gasteiger partial charge < -0.3 is 4.74 Å². The molecule has 0 aromatic heterocycles. The number of anilines is 1. The van der Waals surface area contributed by atoms with Crippen LogP contribution >= 0.6 is 0 Å². The lowest BCUT2D eigenvalue weighted by molar-refractivity contribution is -0.134. The second-order valence-electron chi connectivity index (χ2n) is 10.1. The summed E-state index contributed by atoms with van der Waals surface area (Å²) in [5.41, 5.74) is 2.01. The highest BCUT2D eigenvalue weighted by molar-refractivity contribution is 6.34. The topological polar surface area (TPSA) is 63.7 Å². The maximum Gasteiger partial charge on any atom is 0.239 e. The molecule has 3 aliphatic rings. The molecule has 0 radical (unpaired) electrons. The first-order valence-electron chi connectivity index (χ1n) is 12.9. The highest BCUT2D eigenvalue weighted by Gasteiger charge is 2.80. The van der Waals surface area contributed by atoms with Crippen LogP contribution in [0.15, 0.2) is 84.9 Å². The molecule has 0 N–H and O–H groups in total. The van der Waals surface area contributed by atoms with Gasteiger partial charge in [-0.2, -0.15) is 0 Å². The van der Waals surface area contributed by atoms with E-state index >= 15 is 0 Å². The molecule has 0 unspecified atom stereocenters. The van der Waals surface area contributed by atoms with Crippen LogP contribution in [0, 0.1) is 22.7 Å². The molecule has 3 aromatic rings. The van der Waals surface area contributed by atoms with Crippen molar-refractivity contribution in [3.05, 3.63) is 96.1 Å². The Balaban J connectivity index is 1.66. The van der Waals surface area contributed by atoms with Crippen molar-refractivity contribution in [1.82, 2.24) is 0 Å². The molecule has 1 saturated carbocycles. The van der Waals surface area contributed by atoms with Crippen LogP contribution in [0.4, 0.5) is 5.69 Å². The quantitative estimate of drug-likeness (QED) is 0.409. The minimum atomic E-state index is -1.08. The van der Waals surface area contributed by atoms with Gasteiger partial charge in [0, 0.05) is 6.07 Å². The largest absolute Gasteiger partial charge is 0.497 e. The minimum absolute atomic E-state index is 0.0182. The Bertz CT molecular complexity index is 1370. The summed E-state index contributed by atoms with van der Waals surface area (Å²) in [5, 5.41) is 0. The number of allylic oxidation sites excluding steroid dienone is 2. The number of carbonyl (C=O) groups is 3. The predicted molar refractivity (Wildman–Crippen MR) is 143 cm³/mol. The first-order valence-corrected chi connectivity index (χ1v) is 12.9. The average Bonchev–Trinajstić information content (AvgIpc) is 3.45. The Labute approximate surface area is 216 Å². The molecular formula is C32H29NO4. The second-order valence-corrected chi connectivity index (χ2v) is 10.1. The molecule has 2 amide bonds. The zero-order chi connectivity index (χ0) is 25.9. The number of imide groups is 1. The summed E-state index contributed by atoms with van der Waals surface area (Å²) in [4.78, 5) is 44.5. The Kier molecular flexibility index (Phi) is 5.23. The fourth-order valence-electron chi connectivity index (χ4n) is 7.46.